The van der Waals surface area contributed by atoms with Gasteiger partial charge >= 0.3 is 0 Å². The Bertz CT molecular complexity index is 590. The zero-order chi connectivity index (χ0) is 15.5. The SMILES string of the molecule is COc1ccc2c(c1)[C@]13CCN(C)[C@H](C2)[C@@H]1CCC(O)C3O. The third kappa shape index (κ3) is 1.75. The topological polar surface area (TPSA) is 52.9 Å². The highest BCUT2D eigenvalue weighted by atomic mass is 16.5. The van der Waals surface area contributed by atoms with Crippen LogP contribution in [-0.4, -0.2) is 54.1 Å². The molecule has 2 fully saturated rings. The van der Waals surface area contributed by atoms with Crippen LogP contribution in [0.25, 0.3) is 0 Å². The van der Waals surface area contributed by atoms with Gasteiger partial charge in [-0.1, -0.05) is 6.07 Å². The number of likely N-dealkylation sites (tertiary alicyclic amines) is 1. The molecule has 2 bridgehead atoms. The fourth-order valence-corrected chi connectivity index (χ4v) is 5.34. The number of rotatable bonds is 1. The maximum Gasteiger partial charge on any atom is 0.119 e. The lowest BCUT2D eigenvalue weighted by molar-refractivity contribution is -0.129. The molecule has 1 saturated heterocycles. The molecule has 1 saturated carbocycles. The van der Waals surface area contributed by atoms with Crippen molar-refractivity contribution >= 4 is 0 Å². The van der Waals surface area contributed by atoms with E-state index in [1.165, 1.54) is 11.1 Å². The Kier molecular flexibility index (Phi) is 3.26. The first kappa shape index (κ1) is 14.5. The molecule has 0 radical (unpaired) electrons. The monoisotopic (exact) mass is 303 g/mol. The van der Waals surface area contributed by atoms with Crippen molar-refractivity contribution in [3.8, 4) is 5.75 Å². The number of aliphatic hydroxyl groups is 2. The van der Waals surface area contributed by atoms with Crippen molar-refractivity contribution in [1.82, 2.24) is 4.90 Å². The van der Waals surface area contributed by atoms with Crippen LogP contribution in [0.15, 0.2) is 18.2 Å². The number of aliphatic hydroxyl groups excluding tert-OH is 2. The third-order valence-corrected chi connectivity index (χ3v) is 6.48. The molecule has 5 atom stereocenters. The summed E-state index contributed by atoms with van der Waals surface area (Å²) in [7, 11) is 3.88. The van der Waals surface area contributed by atoms with Gasteiger partial charge in [0.25, 0.3) is 0 Å². The van der Waals surface area contributed by atoms with Crippen molar-refractivity contribution in [1.29, 1.82) is 0 Å². The largest absolute Gasteiger partial charge is 0.497 e. The predicted octanol–water partition coefficient (Wildman–Crippen LogP) is 1.32. The van der Waals surface area contributed by atoms with Gasteiger partial charge in [-0.15, -0.1) is 0 Å². The highest BCUT2D eigenvalue weighted by Gasteiger charge is 2.59. The highest BCUT2D eigenvalue weighted by molar-refractivity contribution is 5.47. The molecule has 3 aliphatic rings. The standard InChI is InChI=1S/C18H25NO3/c1-19-8-7-18-13(5-6-16(20)17(18)21)15(19)9-11-3-4-12(22-2)10-14(11)18/h3-4,10,13,15-17,20-21H,5-9H2,1-2H3/t13-,15+,16?,17?,18-/m0/s1. The average molecular weight is 303 g/mol. The van der Waals surface area contributed by atoms with Gasteiger partial charge in [0.1, 0.15) is 5.75 Å². The molecule has 2 unspecified atom stereocenters. The van der Waals surface area contributed by atoms with Gasteiger partial charge in [-0.3, -0.25) is 0 Å². The van der Waals surface area contributed by atoms with Crippen molar-refractivity contribution in [2.24, 2.45) is 5.92 Å². The quantitative estimate of drug-likeness (QED) is 0.822. The summed E-state index contributed by atoms with van der Waals surface area (Å²) in [6.07, 6.45) is 2.35. The molecule has 1 aromatic rings. The van der Waals surface area contributed by atoms with E-state index in [1.54, 1.807) is 7.11 Å². The van der Waals surface area contributed by atoms with E-state index in [1.807, 2.05) is 6.07 Å². The van der Waals surface area contributed by atoms with E-state index in [9.17, 15) is 10.2 Å². The second-order valence-corrected chi connectivity index (χ2v) is 7.26. The van der Waals surface area contributed by atoms with Crippen LogP contribution >= 0.6 is 0 Å². The minimum Gasteiger partial charge on any atom is -0.497 e. The Morgan fingerprint density at radius 3 is 2.86 bits per heavy atom. The molecule has 0 spiro atoms. The summed E-state index contributed by atoms with van der Waals surface area (Å²) < 4.78 is 5.42. The molecule has 0 aromatic heterocycles. The van der Waals surface area contributed by atoms with Gasteiger partial charge in [-0.25, -0.2) is 0 Å². The Balaban J connectivity index is 1.92. The summed E-state index contributed by atoms with van der Waals surface area (Å²) >= 11 is 0. The zero-order valence-electron chi connectivity index (χ0n) is 13.3. The fourth-order valence-electron chi connectivity index (χ4n) is 5.34. The van der Waals surface area contributed by atoms with E-state index >= 15 is 0 Å². The highest BCUT2D eigenvalue weighted by Crippen LogP contribution is 2.56. The molecule has 120 valence electrons. The van der Waals surface area contributed by atoms with Crippen molar-refractivity contribution < 1.29 is 14.9 Å². The van der Waals surface area contributed by atoms with Crippen molar-refractivity contribution in [2.75, 3.05) is 20.7 Å². The Hall–Kier alpha value is -1.10. The lowest BCUT2D eigenvalue weighted by Crippen LogP contribution is -2.67. The average Bonchev–Trinajstić information content (AvgIpc) is 2.54. The molecule has 0 amide bonds. The van der Waals surface area contributed by atoms with Crippen LogP contribution < -0.4 is 4.74 Å². The van der Waals surface area contributed by atoms with Crippen LogP contribution in [0.1, 0.15) is 30.4 Å². The van der Waals surface area contributed by atoms with Gasteiger partial charge in [-0.05, 0) is 68.5 Å². The molecule has 4 rings (SSSR count). The predicted molar refractivity (Wildman–Crippen MR) is 84.1 cm³/mol. The first-order valence-corrected chi connectivity index (χ1v) is 8.31. The first-order valence-electron chi connectivity index (χ1n) is 8.31. The summed E-state index contributed by atoms with van der Waals surface area (Å²) in [5.74, 6) is 1.26. The molecule has 4 heteroatoms. The van der Waals surface area contributed by atoms with Crippen molar-refractivity contribution in [2.45, 2.75) is 49.3 Å². The van der Waals surface area contributed by atoms with E-state index in [-0.39, 0.29) is 5.41 Å². The first-order chi connectivity index (χ1) is 10.6. The number of ether oxygens (including phenoxy) is 1. The zero-order valence-corrected chi connectivity index (χ0v) is 13.3. The number of nitrogens with zero attached hydrogens (tertiary/aromatic N) is 1. The summed E-state index contributed by atoms with van der Waals surface area (Å²) in [6, 6.07) is 6.73. The maximum absolute atomic E-state index is 11.0. The number of benzene rings is 1. The summed E-state index contributed by atoms with van der Waals surface area (Å²) in [5, 5.41) is 21.3. The summed E-state index contributed by atoms with van der Waals surface area (Å²) in [6.45, 7) is 0.974. The molecule has 2 aliphatic carbocycles. The summed E-state index contributed by atoms with van der Waals surface area (Å²) in [4.78, 5) is 2.44. The summed E-state index contributed by atoms with van der Waals surface area (Å²) in [5.41, 5.74) is 2.21. The number of hydrogen-bond acceptors (Lipinski definition) is 4. The van der Waals surface area contributed by atoms with Gasteiger partial charge in [0.2, 0.25) is 0 Å². The van der Waals surface area contributed by atoms with Crippen molar-refractivity contribution in [3.05, 3.63) is 29.3 Å². The number of piperidine rings is 1. The lowest BCUT2D eigenvalue weighted by atomic mass is 9.50. The van der Waals surface area contributed by atoms with Crippen LogP contribution in [0.5, 0.6) is 5.75 Å². The third-order valence-electron chi connectivity index (χ3n) is 6.48. The normalized spacial score (nSPS) is 40.7. The van der Waals surface area contributed by atoms with Gasteiger partial charge in [0.05, 0.1) is 19.3 Å². The second kappa shape index (κ2) is 4.95. The van der Waals surface area contributed by atoms with Crippen LogP contribution in [0.2, 0.25) is 0 Å². The van der Waals surface area contributed by atoms with E-state index in [0.717, 1.165) is 31.6 Å². The molecule has 1 heterocycles. The van der Waals surface area contributed by atoms with Crippen molar-refractivity contribution in [3.63, 3.8) is 0 Å². The van der Waals surface area contributed by atoms with Gasteiger partial charge < -0.3 is 19.8 Å². The van der Waals surface area contributed by atoms with E-state index in [0.29, 0.717) is 18.4 Å². The Morgan fingerprint density at radius 1 is 1.27 bits per heavy atom. The van der Waals surface area contributed by atoms with Gasteiger partial charge in [0, 0.05) is 11.5 Å². The molecule has 2 N–H and O–H groups in total. The molecule has 1 aliphatic heterocycles. The van der Waals surface area contributed by atoms with E-state index < -0.39 is 12.2 Å². The van der Waals surface area contributed by atoms with E-state index in [4.69, 9.17) is 4.74 Å². The Labute approximate surface area is 131 Å². The van der Waals surface area contributed by atoms with Crippen LogP contribution in [0.4, 0.5) is 0 Å². The smallest absolute Gasteiger partial charge is 0.119 e. The van der Waals surface area contributed by atoms with Crippen LogP contribution in [-0.2, 0) is 11.8 Å². The maximum atomic E-state index is 11.0. The van der Waals surface area contributed by atoms with Gasteiger partial charge in [-0.2, -0.15) is 0 Å². The van der Waals surface area contributed by atoms with Crippen LogP contribution in [0, 0.1) is 5.92 Å². The molecule has 1 aromatic carbocycles. The minimum absolute atomic E-state index is 0.309. The number of likely N-dealkylation sites (N-methyl/N-ethyl adjacent to an activating group) is 1. The number of fused-ring (bicyclic) bond motifs is 1. The Morgan fingerprint density at radius 2 is 2.09 bits per heavy atom. The number of methoxy groups -OCH3 is 1. The number of hydrogen-bond donors (Lipinski definition) is 2. The van der Waals surface area contributed by atoms with Gasteiger partial charge in [0.15, 0.2) is 0 Å². The second-order valence-electron chi connectivity index (χ2n) is 7.26. The lowest BCUT2D eigenvalue weighted by Gasteiger charge is -2.60. The minimum atomic E-state index is -0.673. The van der Waals surface area contributed by atoms with Crippen LogP contribution in [0.3, 0.4) is 0 Å². The molecule has 4 nitrogen and oxygen atoms in total. The molecular formula is C18H25NO3. The molecule has 22 heavy (non-hydrogen) atoms. The van der Waals surface area contributed by atoms with E-state index in [2.05, 4.69) is 24.1 Å². The fraction of sp³-hybridized carbons (Fsp3) is 0.667. The molecular weight excluding hydrogens is 278 g/mol.